The van der Waals surface area contributed by atoms with Crippen LogP contribution in [0.15, 0.2) is 29.2 Å². The topological polar surface area (TPSA) is 49.4 Å². The maximum atomic E-state index is 11.6. The molecule has 0 saturated carbocycles. The molecule has 1 rings (SSSR count). The molecule has 12 heavy (non-hydrogen) atoms. The van der Waals surface area contributed by atoms with E-state index in [1.54, 1.807) is 0 Å². The number of hydrogen-bond acceptors (Lipinski definition) is 3. The number of hydrogen-bond donors (Lipinski definition) is 0. The SMILES string of the molecule is O=S([O-])c1cccc(OCF)c1. The quantitative estimate of drug-likeness (QED) is 0.672. The van der Waals surface area contributed by atoms with Gasteiger partial charge in [0.05, 0.1) is 0 Å². The Balaban J connectivity index is 2.88. The molecule has 0 heterocycles. The zero-order valence-electron chi connectivity index (χ0n) is 6.03. The third-order valence-corrected chi connectivity index (χ3v) is 1.86. The van der Waals surface area contributed by atoms with Gasteiger partial charge >= 0.3 is 0 Å². The van der Waals surface area contributed by atoms with Crippen LogP contribution in [0.25, 0.3) is 0 Å². The molecule has 1 aromatic rings. The average molecular weight is 189 g/mol. The summed E-state index contributed by atoms with van der Waals surface area (Å²) in [6.07, 6.45) is 0. The summed E-state index contributed by atoms with van der Waals surface area (Å²) in [5, 5.41) is 0. The molecule has 0 spiro atoms. The molecule has 0 aliphatic carbocycles. The van der Waals surface area contributed by atoms with Crippen molar-refractivity contribution in [3.8, 4) is 5.75 Å². The standard InChI is InChI=1S/C7H7FO3S/c8-5-11-6-2-1-3-7(4-6)12(9)10/h1-4H,5H2,(H,9,10)/p-1. The molecule has 0 bridgehead atoms. The van der Waals surface area contributed by atoms with E-state index < -0.39 is 17.9 Å². The fourth-order valence-electron chi connectivity index (χ4n) is 0.731. The van der Waals surface area contributed by atoms with E-state index in [0.717, 1.165) is 0 Å². The largest absolute Gasteiger partial charge is 0.768 e. The lowest BCUT2D eigenvalue weighted by Gasteiger charge is -2.06. The van der Waals surface area contributed by atoms with E-state index in [1.807, 2.05) is 0 Å². The van der Waals surface area contributed by atoms with Crippen molar-refractivity contribution in [1.82, 2.24) is 0 Å². The monoisotopic (exact) mass is 189 g/mol. The van der Waals surface area contributed by atoms with Crippen LogP contribution in [-0.4, -0.2) is 15.6 Å². The van der Waals surface area contributed by atoms with Crippen molar-refractivity contribution < 1.29 is 17.9 Å². The van der Waals surface area contributed by atoms with Crippen LogP contribution in [0, 0.1) is 0 Å². The van der Waals surface area contributed by atoms with Crippen LogP contribution in [0.5, 0.6) is 5.75 Å². The van der Waals surface area contributed by atoms with Gasteiger partial charge < -0.3 is 9.29 Å². The molecule has 0 saturated heterocycles. The van der Waals surface area contributed by atoms with Gasteiger partial charge in [-0.3, -0.25) is 4.21 Å². The van der Waals surface area contributed by atoms with E-state index in [-0.39, 0.29) is 10.6 Å². The molecular weight excluding hydrogens is 183 g/mol. The Kier molecular flexibility index (Phi) is 3.19. The van der Waals surface area contributed by atoms with Crippen molar-refractivity contribution in [2.45, 2.75) is 4.90 Å². The highest BCUT2D eigenvalue weighted by Crippen LogP contribution is 2.15. The Labute approximate surface area is 71.5 Å². The average Bonchev–Trinajstić information content (AvgIpc) is 2.05. The Morgan fingerprint density at radius 3 is 2.92 bits per heavy atom. The fourth-order valence-corrected chi connectivity index (χ4v) is 1.13. The van der Waals surface area contributed by atoms with Crippen molar-refractivity contribution in [3.63, 3.8) is 0 Å². The normalized spacial score (nSPS) is 12.5. The van der Waals surface area contributed by atoms with Gasteiger partial charge in [0.15, 0.2) is 0 Å². The van der Waals surface area contributed by atoms with E-state index in [0.29, 0.717) is 0 Å². The van der Waals surface area contributed by atoms with Crippen molar-refractivity contribution in [3.05, 3.63) is 24.3 Å². The van der Waals surface area contributed by atoms with Crippen LogP contribution >= 0.6 is 0 Å². The number of alkyl halides is 1. The van der Waals surface area contributed by atoms with E-state index in [9.17, 15) is 13.2 Å². The second kappa shape index (κ2) is 4.18. The van der Waals surface area contributed by atoms with Gasteiger partial charge in [-0.05, 0) is 29.3 Å². The first-order valence-electron chi connectivity index (χ1n) is 3.12. The van der Waals surface area contributed by atoms with E-state index in [2.05, 4.69) is 4.74 Å². The summed E-state index contributed by atoms with van der Waals surface area (Å²) in [4.78, 5) is 0.0842. The molecule has 0 radical (unpaired) electrons. The fraction of sp³-hybridized carbons (Fsp3) is 0.143. The minimum atomic E-state index is -2.30. The first-order chi connectivity index (χ1) is 5.74. The second-order valence-electron chi connectivity index (χ2n) is 1.96. The highest BCUT2D eigenvalue weighted by molar-refractivity contribution is 7.79. The Morgan fingerprint density at radius 2 is 2.33 bits per heavy atom. The lowest BCUT2D eigenvalue weighted by Crippen LogP contribution is -1.92. The molecule has 0 aliphatic heterocycles. The molecule has 66 valence electrons. The summed E-state index contributed by atoms with van der Waals surface area (Å²) in [5.41, 5.74) is 0. The molecule has 0 aromatic heterocycles. The van der Waals surface area contributed by atoms with E-state index in [4.69, 9.17) is 0 Å². The second-order valence-corrected chi connectivity index (χ2v) is 2.90. The highest BCUT2D eigenvalue weighted by Gasteiger charge is 1.95. The van der Waals surface area contributed by atoms with Gasteiger partial charge in [0, 0.05) is 4.90 Å². The maximum absolute atomic E-state index is 11.6. The molecule has 3 nitrogen and oxygen atoms in total. The maximum Gasteiger partial charge on any atom is 0.228 e. The minimum absolute atomic E-state index is 0.0842. The molecule has 0 N–H and O–H groups in total. The first-order valence-corrected chi connectivity index (χ1v) is 4.19. The molecule has 0 fully saturated rings. The molecule has 1 unspecified atom stereocenters. The van der Waals surface area contributed by atoms with Gasteiger partial charge in [-0.2, -0.15) is 0 Å². The smallest absolute Gasteiger partial charge is 0.228 e. The molecule has 0 aliphatic rings. The number of benzene rings is 1. The van der Waals surface area contributed by atoms with Gasteiger partial charge in [-0.15, -0.1) is 0 Å². The van der Waals surface area contributed by atoms with Crippen molar-refractivity contribution in [1.29, 1.82) is 0 Å². The third kappa shape index (κ3) is 2.28. The van der Waals surface area contributed by atoms with Crippen LogP contribution in [0.4, 0.5) is 4.39 Å². The molecule has 1 aromatic carbocycles. The number of ether oxygens (including phenoxy) is 1. The van der Waals surface area contributed by atoms with Crippen LogP contribution in [0.2, 0.25) is 0 Å². The van der Waals surface area contributed by atoms with Gasteiger partial charge in [0.25, 0.3) is 0 Å². The van der Waals surface area contributed by atoms with Crippen LogP contribution in [0.3, 0.4) is 0 Å². The van der Waals surface area contributed by atoms with Gasteiger partial charge in [0.2, 0.25) is 6.86 Å². The lowest BCUT2D eigenvalue weighted by molar-refractivity contribution is 0.191. The Morgan fingerprint density at radius 1 is 1.58 bits per heavy atom. The predicted molar refractivity (Wildman–Crippen MR) is 40.2 cm³/mol. The molecular formula is C7H6FO3S-. The predicted octanol–water partition coefficient (Wildman–Crippen LogP) is 1.23. The Bertz CT molecular complexity index is 290. The van der Waals surface area contributed by atoms with Crippen molar-refractivity contribution in [2.24, 2.45) is 0 Å². The van der Waals surface area contributed by atoms with Crippen LogP contribution in [0.1, 0.15) is 0 Å². The molecule has 0 amide bonds. The minimum Gasteiger partial charge on any atom is -0.768 e. The first kappa shape index (κ1) is 9.15. The molecule has 5 heteroatoms. The van der Waals surface area contributed by atoms with Gasteiger partial charge in [-0.1, -0.05) is 6.07 Å². The zero-order valence-corrected chi connectivity index (χ0v) is 6.84. The van der Waals surface area contributed by atoms with E-state index in [1.165, 1.54) is 24.3 Å². The summed E-state index contributed by atoms with van der Waals surface area (Å²) < 4.78 is 36.9. The summed E-state index contributed by atoms with van der Waals surface area (Å²) in [6.45, 7) is -0.963. The van der Waals surface area contributed by atoms with Gasteiger partial charge in [0.1, 0.15) is 5.75 Å². The van der Waals surface area contributed by atoms with Crippen LogP contribution in [-0.2, 0) is 11.1 Å². The van der Waals surface area contributed by atoms with Gasteiger partial charge in [-0.25, -0.2) is 4.39 Å². The van der Waals surface area contributed by atoms with Crippen molar-refractivity contribution >= 4 is 11.1 Å². The Hall–Kier alpha value is -0.940. The summed E-state index contributed by atoms with van der Waals surface area (Å²) in [7, 11) is 0. The third-order valence-electron chi connectivity index (χ3n) is 1.22. The summed E-state index contributed by atoms with van der Waals surface area (Å²) in [5.74, 6) is 0.208. The highest BCUT2D eigenvalue weighted by atomic mass is 32.2. The van der Waals surface area contributed by atoms with E-state index >= 15 is 0 Å². The molecule has 1 atom stereocenters. The zero-order chi connectivity index (χ0) is 8.97. The number of halogens is 1. The van der Waals surface area contributed by atoms with Crippen LogP contribution < -0.4 is 4.74 Å². The van der Waals surface area contributed by atoms with Crippen molar-refractivity contribution in [2.75, 3.05) is 6.86 Å². The number of rotatable bonds is 3. The summed E-state index contributed by atoms with van der Waals surface area (Å²) >= 11 is -2.30. The lowest BCUT2D eigenvalue weighted by atomic mass is 10.3. The summed E-state index contributed by atoms with van der Waals surface area (Å²) in [6, 6.07) is 5.61.